The van der Waals surface area contributed by atoms with Crippen molar-refractivity contribution in [3.05, 3.63) is 391 Å². The first-order valence-corrected chi connectivity index (χ1v) is 30.8. The van der Waals surface area contributed by atoms with Gasteiger partial charge in [0.15, 0.2) is 0 Å². The van der Waals surface area contributed by atoms with E-state index in [9.17, 15) is 30.2 Å². The second-order valence-electron chi connectivity index (χ2n) is 23.1. The molecule has 15 aromatic carbocycles. The normalized spacial score (nSPS) is 16.5. The van der Waals surface area contributed by atoms with E-state index in [0.717, 1.165) is 44.5 Å². The van der Waals surface area contributed by atoms with Gasteiger partial charge in [0.2, 0.25) is 0 Å². The second-order valence-corrected chi connectivity index (χ2v) is 23.1. The van der Waals surface area contributed by atoms with E-state index in [0.29, 0.717) is 34.2 Å². The highest BCUT2D eigenvalue weighted by Gasteiger charge is 2.44. The number of nitrogens with zero attached hydrogens (tertiary/aromatic N) is 3. The Labute approximate surface area is 592 Å². The minimum atomic E-state index is -0.968. The second kappa shape index (κ2) is 23.4. The van der Waals surface area contributed by atoms with E-state index >= 15 is 0 Å². The Morgan fingerprint density at radius 3 is 0.937 bits per heavy atom. The van der Waals surface area contributed by atoms with Crippen LogP contribution in [0.4, 0.5) is 51.2 Å². The van der Waals surface area contributed by atoms with E-state index in [2.05, 4.69) is 0 Å². The lowest BCUT2D eigenvalue weighted by atomic mass is 9.74. The van der Waals surface area contributed by atoms with E-state index in [4.69, 9.17) is 5.48 Å². The zero-order chi connectivity index (χ0) is 85.4. The first-order chi connectivity index (χ1) is 58.0. The van der Waals surface area contributed by atoms with Gasteiger partial charge >= 0.3 is 0 Å². The predicted octanol–water partition coefficient (Wildman–Crippen LogP) is 25.1. The van der Waals surface area contributed by atoms with Crippen molar-refractivity contribution in [1.29, 1.82) is 0 Å². The van der Waals surface area contributed by atoms with E-state index < -0.39 is 219 Å². The largest absolute Gasteiger partial charge is 0.305 e. The summed E-state index contributed by atoms with van der Waals surface area (Å²) in [5.74, 6) is -0.901. The number of benzene rings is 15. The summed E-state index contributed by atoms with van der Waals surface area (Å²) in [4.78, 5) is 4.89. The quantitative estimate of drug-likeness (QED) is 0.128. The van der Waals surface area contributed by atoms with Gasteiger partial charge in [0.05, 0.1) is 86.8 Å². The third-order valence-electron chi connectivity index (χ3n) is 17.9. The van der Waals surface area contributed by atoms with Gasteiger partial charge in [-0.05, 0) is 137 Å². The molecule has 0 bridgehead atoms. The monoisotopic (exact) mass is 1240 g/mol. The summed E-state index contributed by atoms with van der Waals surface area (Å²) in [5, 5.41) is 0. The Bertz CT molecular complexity index is 6340. The molecule has 15 aromatic rings. The Morgan fingerprint density at radius 1 is 0.232 bits per heavy atom. The molecule has 2 heterocycles. The number of hydrogen-bond acceptors (Lipinski definition) is 3. The summed E-state index contributed by atoms with van der Waals surface area (Å²) < 4.78 is 253. The van der Waals surface area contributed by atoms with Crippen LogP contribution < -0.4 is 14.7 Å². The molecule has 0 saturated carbocycles. The molecule has 3 heteroatoms. The lowest BCUT2D eigenvalue weighted by molar-refractivity contribution is 0.884. The maximum absolute atomic E-state index is 10.5. The molecule has 0 saturated heterocycles. The molecular weight excluding hydrogens is 1150 g/mol. The van der Waals surface area contributed by atoms with Crippen molar-refractivity contribution in [2.75, 3.05) is 14.7 Å². The standard InChI is InChI=1S/C92H63N3/c1-7-29-62(30-8-1)73-43-23-25-45-75(73)70-53-55-83-85(58-70)95-86-59-71(76-46-26-24-44-74(76)63-31-9-2-10-32-63)54-56-84(86)94(91-81(66-37-15-5-16-38-66)51-28-52-82(91)67-39-17-6-18-40-67)88-61-72(89-77-47-21-19-41-68(77)57-69-42-20-22-48-78(69)89)60-87(92(88)95)93(83)90-79(64-33-11-3-12-34-64)49-27-50-80(90)65-35-13-4-14-36-65/h1-56,58-61,89H,57H2/i3D,4D,5D,6D,11D,12D,13D,14D,15D,16D,17D,18D,27D,28D,33D,34D,35D,36D,37D,38D,39D,40D,49D,50D,51D,52D. The lowest BCUT2D eigenvalue weighted by Gasteiger charge is -2.49. The van der Waals surface area contributed by atoms with Gasteiger partial charge in [-0.25, -0.2) is 0 Å². The fraction of sp³-hybridized carbons (Fsp3) is 0.0217. The third-order valence-corrected chi connectivity index (χ3v) is 17.9. The van der Waals surface area contributed by atoms with Crippen LogP contribution in [0.1, 0.15) is 69.4 Å². The van der Waals surface area contributed by atoms with Crippen molar-refractivity contribution < 1.29 is 35.6 Å². The van der Waals surface area contributed by atoms with Gasteiger partial charge < -0.3 is 14.7 Å². The van der Waals surface area contributed by atoms with Crippen LogP contribution in [0.3, 0.4) is 0 Å². The summed E-state index contributed by atoms with van der Waals surface area (Å²) in [6.07, 6.45) is 0.417. The molecule has 0 atom stereocenters. The van der Waals surface area contributed by atoms with Gasteiger partial charge in [-0.2, -0.15) is 0 Å². The maximum atomic E-state index is 10.5. The SMILES string of the molecule is [2H]c1c([2H])c([2H])c(-c2c([2H])c([2H])c([2H])c(-c3c([2H])c([2H])c([2H])c([2H])c3[2H])c2N2c3ccc(-c4ccccc4-c4ccccc4)cc3N3c4cc(-c5ccccc5-c5ccccc5)ccc4N(c4c(-c5c([2H])c([2H])c([2H])c([2H])c5[2H])c([2H])c([2H])c([2H])c4-c4c([2H])c([2H])c([2H])c([2H])c4[2H])c4cc(C5c6ccccc6Cc6ccccc65)cc2c43)c([2H])c1[2H]. The fourth-order valence-electron chi connectivity index (χ4n) is 14.0. The zero-order valence-electron chi connectivity index (χ0n) is 76.3. The highest BCUT2D eigenvalue weighted by atomic mass is 15.3. The Morgan fingerprint density at radius 2 is 0.558 bits per heavy atom. The van der Waals surface area contributed by atoms with E-state index in [1.807, 2.05) is 175 Å². The molecule has 1 aliphatic carbocycles. The van der Waals surface area contributed by atoms with Gasteiger partial charge in [0.1, 0.15) is 0 Å². The number of rotatable bonds is 11. The van der Waals surface area contributed by atoms with E-state index in [-0.39, 0.29) is 39.8 Å². The van der Waals surface area contributed by atoms with Crippen molar-refractivity contribution in [2.24, 2.45) is 0 Å². The molecule has 446 valence electrons. The zero-order valence-corrected chi connectivity index (χ0v) is 50.3. The molecule has 3 aliphatic rings. The number of para-hydroxylation sites is 2. The van der Waals surface area contributed by atoms with Crippen LogP contribution >= 0.6 is 0 Å². The molecule has 0 N–H and O–H groups in total. The van der Waals surface area contributed by atoms with Crippen molar-refractivity contribution in [2.45, 2.75) is 12.3 Å². The maximum Gasteiger partial charge on any atom is 0.0948 e. The highest BCUT2D eigenvalue weighted by Crippen LogP contribution is 2.67. The average Bonchev–Trinajstić information content (AvgIpc) is 0.676. The van der Waals surface area contributed by atoms with Crippen LogP contribution in [0.2, 0.25) is 0 Å². The molecule has 0 spiro atoms. The van der Waals surface area contributed by atoms with Crippen molar-refractivity contribution >= 4 is 51.2 Å². The van der Waals surface area contributed by atoms with Gasteiger partial charge in [0, 0.05) is 28.2 Å². The number of hydrogen-bond donors (Lipinski definition) is 0. The summed E-state index contributed by atoms with van der Waals surface area (Å²) in [7, 11) is 0. The minimum absolute atomic E-state index is 0.0119. The molecule has 0 amide bonds. The summed E-state index contributed by atoms with van der Waals surface area (Å²) in [6.45, 7) is 0. The predicted molar refractivity (Wildman–Crippen MR) is 398 cm³/mol. The van der Waals surface area contributed by atoms with Crippen molar-refractivity contribution in [3.63, 3.8) is 0 Å². The van der Waals surface area contributed by atoms with Crippen LogP contribution in [0.5, 0.6) is 0 Å². The van der Waals surface area contributed by atoms with Crippen LogP contribution in [-0.4, -0.2) is 0 Å². The topological polar surface area (TPSA) is 9.72 Å². The van der Waals surface area contributed by atoms with Gasteiger partial charge in [-0.15, -0.1) is 0 Å². The van der Waals surface area contributed by atoms with Crippen molar-refractivity contribution in [3.8, 4) is 89.0 Å². The molecule has 18 rings (SSSR count). The molecule has 0 fully saturated rings. The van der Waals surface area contributed by atoms with Gasteiger partial charge in [0.25, 0.3) is 0 Å². The average molecular weight is 1240 g/mol. The molecule has 3 nitrogen and oxygen atoms in total. The number of fused-ring (bicyclic) bond motifs is 6. The van der Waals surface area contributed by atoms with E-state index in [1.54, 1.807) is 36.4 Å². The first-order valence-electron chi connectivity index (χ1n) is 43.8. The van der Waals surface area contributed by atoms with Gasteiger partial charge in [-0.3, -0.25) is 0 Å². The molecule has 2 aliphatic heterocycles. The van der Waals surface area contributed by atoms with Crippen LogP contribution in [0, 0.1) is 0 Å². The molecule has 0 aromatic heterocycles. The third kappa shape index (κ3) is 9.50. The highest BCUT2D eigenvalue weighted by molar-refractivity contribution is 6.17. The molecule has 0 unspecified atom stereocenters. The fourth-order valence-corrected chi connectivity index (χ4v) is 14.0. The van der Waals surface area contributed by atoms with Crippen LogP contribution in [0.15, 0.2) is 363 Å². The van der Waals surface area contributed by atoms with Crippen LogP contribution in [0.25, 0.3) is 89.0 Å². The van der Waals surface area contributed by atoms with Crippen molar-refractivity contribution in [1.82, 2.24) is 0 Å². The first kappa shape index (κ1) is 34.9. The summed E-state index contributed by atoms with van der Waals surface area (Å²) in [6, 6.07) is 40.1. The van der Waals surface area contributed by atoms with E-state index in [1.165, 1.54) is 9.80 Å². The Kier molecular flexibility index (Phi) is 8.62. The Balaban J connectivity index is 1.14. The molecule has 95 heavy (non-hydrogen) atoms. The van der Waals surface area contributed by atoms with Gasteiger partial charge in [-0.1, -0.05) is 327 Å². The minimum Gasteiger partial charge on any atom is -0.305 e. The Hall–Kier alpha value is -12.3. The molecular formula is C92H63N3. The van der Waals surface area contributed by atoms with Crippen LogP contribution in [-0.2, 0) is 6.42 Å². The molecule has 0 radical (unpaired) electrons. The summed E-state index contributed by atoms with van der Waals surface area (Å²) >= 11 is 0. The summed E-state index contributed by atoms with van der Waals surface area (Å²) in [5.41, 5.74) is 2.66. The number of anilines is 9. The smallest absolute Gasteiger partial charge is 0.0948 e. The lowest BCUT2D eigenvalue weighted by Crippen LogP contribution is -2.31.